The summed E-state index contributed by atoms with van der Waals surface area (Å²) >= 11 is 0. The highest BCUT2D eigenvalue weighted by molar-refractivity contribution is 4.64. The molecule has 3 nitrogen and oxygen atoms in total. The molecule has 0 amide bonds. The van der Waals surface area contributed by atoms with E-state index in [1.807, 2.05) is 0 Å². The van der Waals surface area contributed by atoms with E-state index in [4.69, 9.17) is 0 Å². The van der Waals surface area contributed by atoms with Gasteiger partial charge in [0.1, 0.15) is 0 Å². The number of hydrogen-bond donors (Lipinski definition) is 2. The molecule has 1 aliphatic rings. The summed E-state index contributed by atoms with van der Waals surface area (Å²) in [5.41, 5.74) is 0. The first-order chi connectivity index (χ1) is 7.09. The van der Waals surface area contributed by atoms with Crippen LogP contribution in [0.3, 0.4) is 0 Å². The molecule has 1 aliphatic heterocycles. The van der Waals surface area contributed by atoms with Crippen molar-refractivity contribution in [2.75, 3.05) is 32.7 Å². The molecule has 0 aromatic heterocycles. The maximum absolute atomic E-state index is 3.22. The molecule has 1 rings (SSSR count). The van der Waals surface area contributed by atoms with Crippen LogP contribution < -0.4 is 10.6 Å². The van der Waals surface area contributed by atoms with Gasteiger partial charge in [0.2, 0.25) is 0 Å². The molecule has 15 heavy (non-hydrogen) atoms. The fraction of sp³-hybridized carbons (Fsp3) is 1.00. The van der Waals surface area contributed by atoms with Crippen LogP contribution >= 0.6 is 0 Å². The van der Waals surface area contributed by atoms with Crippen molar-refractivity contribution in [3.63, 3.8) is 0 Å². The van der Waals surface area contributed by atoms with Crippen LogP contribution in [0.2, 0.25) is 0 Å². The first kappa shape index (κ1) is 14.9. The molecule has 0 atom stereocenters. The molecular formula is C12H29N3. The van der Waals surface area contributed by atoms with Gasteiger partial charge in [0.15, 0.2) is 0 Å². The van der Waals surface area contributed by atoms with E-state index >= 15 is 0 Å². The second-order valence-electron chi connectivity index (χ2n) is 4.52. The lowest BCUT2D eigenvalue weighted by Crippen LogP contribution is -2.39. The lowest BCUT2D eigenvalue weighted by molar-refractivity contribution is 0.185. The molecule has 1 saturated heterocycles. The van der Waals surface area contributed by atoms with Gasteiger partial charge in [-0.25, -0.2) is 0 Å². The number of nitrogens with one attached hydrogen (secondary N) is 2. The lowest BCUT2D eigenvalue weighted by Gasteiger charge is -2.28. The van der Waals surface area contributed by atoms with Crippen LogP contribution in [0.25, 0.3) is 0 Å². The monoisotopic (exact) mass is 215 g/mol. The van der Waals surface area contributed by atoms with Gasteiger partial charge in [-0.2, -0.15) is 0 Å². The van der Waals surface area contributed by atoms with Gasteiger partial charge < -0.3 is 10.6 Å². The van der Waals surface area contributed by atoms with Crippen molar-refractivity contribution in [3.05, 3.63) is 0 Å². The van der Waals surface area contributed by atoms with Gasteiger partial charge in [-0.1, -0.05) is 6.92 Å². The molecule has 1 fully saturated rings. The van der Waals surface area contributed by atoms with Gasteiger partial charge in [0.05, 0.1) is 0 Å². The highest BCUT2D eigenvalue weighted by Crippen LogP contribution is 2.02. The molecule has 0 unspecified atom stereocenters. The van der Waals surface area contributed by atoms with E-state index in [1.54, 1.807) is 0 Å². The molecule has 0 aromatic rings. The van der Waals surface area contributed by atoms with Crippen molar-refractivity contribution in [1.29, 1.82) is 0 Å². The zero-order valence-corrected chi connectivity index (χ0v) is 11.1. The van der Waals surface area contributed by atoms with Gasteiger partial charge in [0, 0.05) is 38.3 Å². The molecule has 0 aliphatic carbocycles. The third-order valence-corrected chi connectivity index (χ3v) is 2.65. The van der Waals surface area contributed by atoms with E-state index in [-0.39, 0.29) is 0 Å². The maximum Gasteiger partial charge on any atom is 0.00772 e. The minimum atomic E-state index is 0.690. The largest absolute Gasteiger partial charge is 0.314 e. The molecule has 0 radical (unpaired) electrons. The second kappa shape index (κ2) is 9.13. The second-order valence-corrected chi connectivity index (χ2v) is 4.52. The Hall–Kier alpha value is -0.120. The molecule has 1 heterocycles. The SMILES string of the molecule is C1CNCCN1.CCN(C(C)C)C(C)C. The van der Waals surface area contributed by atoms with Crippen molar-refractivity contribution >= 4 is 0 Å². The quantitative estimate of drug-likeness (QED) is 0.743. The number of piperazine rings is 1. The summed E-state index contributed by atoms with van der Waals surface area (Å²) in [6.07, 6.45) is 0. The Kier molecular flexibility index (Phi) is 9.06. The topological polar surface area (TPSA) is 27.3 Å². The number of hydrogen-bond acceptors (Lipinski definition) is 3. The predicted molar refractivity (Wildman–Crippen MR) is 68.4 cm³/mol. The van der Waals surface area contributed by atoms with Crippen molar-refractivity contribution in [2.45, 2.75) is 46.7 Å². The fourth-order valence-corrected chi connectivity index (χ4v) is 1.93. The average molecular weight is 215 g/mol. The molecule has 0 bridgehead atoms. The zero-order valence-electron chi connectivity index (χ0n) is 11.1. The summed E-state index contributed by atoms with van der Waals surface area (Å²) < 4.78 is 0. The van der Waals surface area contributed by atoms with Crippen LogP contribution in [0.1, 0.15) is 34.6 Å². The van der Waals surface area contributed by atoms with E-state index in [9.17, 15) is 0 Å². The molecule has 0 saturated carbocycles. The van der Waals surface area contributed by atoms with Crippen LogP contribution in [0.5, 0.6) is 0 Å². The van der Waals surface area contributed by atoms with E-state index in [0.717, 1.165) is 32.7 Å². The first-order valence-electron chi connectivity index (χ1n) is 6.26. The molecule has 3 heteroatoms. The molecule has 92 valence electrons. The number of nitrogens with zero attached hydrogens (tertiary/aromatic N) is 1. The predicted octanol–water partition coefficient (Wildman–Crippen LogP) is 1.30. The minimum absolute atomic E-state index is 0.690. The van der Waals surface area contributed by atoms with Gasteiger partial charge in [-0.15, -0.1) is 0 Å². The van der Waals surface area contributed by atoms with Crippen molar-refractivity contribution in [3.8, 4) is 0 Å². The van der Waals surface area contributed by atoms with Crippen LogP contribution in [0, 0.1) is 0 Å². The summed E-state index contributed by atoms with van der Waals surface area (Å²) in [5, 5.41) is 6.44. The number of rotatable bonds is 3. The zero-order chi connectivity index (χ0) is 11.7. The van der Waals surface area contributed by atoms with E-state index in [2.05, 4.69) is 50.2 Å². The van der Waals surface area contributed by atoms with Crippen LogP contribution in [-0.4, -0.2) is 49.7 Å². The summed E-state index contributed by atoms with van der Waals surface area (Å²) in [4.78, 5) is 2.46. The molecular weight excluding hydrogens is 186 g/mol. The van der Waals surface area contributed by atoms with Crippen molar-refractivity contribution in [2.24, 2.45) is 0 Å². The highest BCUT2D eigenvalue weighted by Gasteiger charge is 2.08. The highest BCUT2D eigenvalue weighted by atomic mass is 15.2. The third-order valence-electron chi connectivity index (χ3n) is 2.65. The standard InChI is InChI=1S/C8H19N.C4H10N2/c1-6-9(7(2)3)8(4)5;1-2-6-4-3-5-1/h7-8H,6H2,1-5H3;5-6H,1-4H2. The Balaban J connectivity index is 0.000000280. The Morgan fingerprint density at radius 1 is 0.867 bits per heavy atom. The van der Waals surface area contributed by atoms with Crippen LogP contribution in [0.4, 0.5) is 0 Å². The maximum atomic E-state index is 3.22. The Morgan fingerprint density at radius 2 is 1.20 bits per heavy atom. The van der Waals surface area contributed by atoms with Gasteiger partial charge >= 0.3 is 0 Å². The molecule has 0 spiro atoms. The molecule has 0 aromatic carbocycles. The van der Waals surface area contributed by atoms with E-state index in [0.29, 0.717) is 12.1 Å². The first-order valence-corrected chi connectivity index (χ1v) is 6.26. The van der Waals surface area contributed by atoms with Crippen molar-refractivity contribution < 1.29 is 0 Å². The average Bonchev–Trinajstić information content (AvgIpc) is 2.21. The van der Waals surface area contributed by atoms with Gasteiger partial charge in [0.25, 0.3) is 0 Å². The normalized spacial score (nSPS) is 16.8. The van der Waals surface area contributed by atoms with E-state index in [1.165, 1.54) is 0 Å². The lowest BCUT2D eigenvalue weighted by atomic mass is 10.2. The summed E-state index contributed by atoms with van der Waals surface area (Å²) in [5.74, 6) is 0. The minimum Gasteiger partial charge on any atom is -0.314 e. The summed E-state index contributed by atoms with van der Waals surface area (Å²) in [7, 11) is 0. The van der Waals surface area contributed by atoms with E-state index < -0.39 is 0 Å². The van der Waals surface area contributed by atoms with Crippen LogP contribution in [-0.2, 0) is 0 Å². The third kappa shape index (κ3) is 7.77. The van der Waals surface area contributed by atoms with Gasteiger partial charge in [-0.3, -0.25) is 4.90 Å². The Labute approximate surface area is 95.6 Å². The van der Waals surface area contributed by atoms with Crippen molar-refractivity contribution in [1.82, 2.24) is 15.5 Å². The Bertz CT molecular complexity index is 111. The van der Waals surface area contributed by atoms with Gasteiger partial charge in [-0.05, 0) is 34.2 Å². The smallest absolute Gasteiger partial charge is 0.00772 e. The van der Waals surface area contributed by atoms with Crippen LogP contribution in [0.15, 0.2) is 0 Å². The summed E-state index contributed by atoms with van der Waals surface area (Å²) in [6, 6.07) is 1.38. The fourth-order valence-electron chi connectivity index (χ4n) is 1.93. The molecule has 2 N–H and O–H groups in total. The summed E-state index contributed by atoms with van der Waals surface area (Å²) in [6.45, 7) is 16.9. The Morgan fingerprint density at radius 3 is 1.27 bits per heavy atom.